The van der Waals surface area contributed by atoms with Gasteiger partial charge in [-0.05, 0) is 42.0 Å². The van der Waals surface area contributed by atoms with Gasteiger partial charge in [0.1, 0.15) is 30.1 Å². The van der Waals surface area contributed by atoms with Crippen LogP contribution in [0.2, 0.25) is 0 Å². The number of rotatable bonds is 8. The molecule has 10 heteroatoms. The zero-order chi connectivity index (χ0) is 26.6. The van der Waals surface area contributed by atoms with Gasteiger partial charge >= 0.3 is 6.09 Å². The lowest BCUT2D eigenvalue weighted by Gasteiger charge is -2.36. The third-order valence-electron chi connectivity index (χ3n) is 7.35. The number of hydrogen-bond donors (Lipinski definition) is 2. The van der Waals surface area contributed by atoms with Crippen LogP contribution in [0.3, 0.4) is 0 Å². The number of fused-ring (bicyclic) bond motifs is 1. The summed E-state index contributed by atoms with van der Waals surface area (Å²) in [6.45, 7) is 3.40. The molecule has 1 amide bonds. The van der Waals surface area contributed by atoms with Crippen LogP contribution < -0.4 is 15.8 Å². The summed E-state index contributed by atoms with van der Waals surface area (Å²) in [6.07, 6.45) is 5.06. The second-order valence-electron chi connectivity index (χ2n) is 10.0. The number of benzene rings is 2. The minimum Gasteiger partial charge on any atom is -0.489 e. The monoisotopic (exact) mass is 528 g/mol. The summed E-state index contributed by atoms with van der Waals surface area (Å²) in [4.78, 5) is 26.4. The molecule has 3 N–H and O–H groups in total. The number of carbonyl (C=O) groups excluding carboxylic acids is 1. The van der Waals surface area contributed by atoms with Crippen molar-refractivity contribution in [1.82, 2.24) is 24.9 Å². The van der Waals surface area contributed by atoms with Gasteiger partial charge in [0.05, 0.1) is 31.7 Å². The second-order valence-corrected chi connectivity index (χ2v) is 10.0. The quantitative estimate of drug-likeness (QED) is 0.350. The number of nitrogen functional groups attached to an aromatic ring is 1. The molecule has 2 aliphatic rings. The molecule has 2 aromatic carbocycles. The fourth-order valence-electron chi connectivity index (χ4n) is 5.21. The Kier molecular flexibility index (Phi) is 7.29. The first-order valence-electron chi connectivity index (χ1n) is 13.3. The number of carbonyl (C=O) groups is 1. The van der Waals surface area contributed by atoms with Crippen molar-refractivity contribution in [3.05, 3.63) is 72.7 Å². The smallest absolute Gasteiger partial charge is 0.426 e. The van der Waals surface area contributed by atoms with Crippen LogP contribution in [0, 0.1) is 5.92 Å². The lowest BCUT2D eigenvalue weighted by atomic mass is 9.80. The first-order chi connectivity index (χ1) is 19.1. The third kappa shape index (κ3) is 5.67. The number of ether oxygens (including phenoxy) is 2. The van der Waals surface area contributed by atoms with Crippen molar-refractivity contribution >= 4 is 22.9 Å². The maximum atomic E-state index is 12.2. The van der Waals surface area contributed by atoms with E-state index in [0.29, 0.717) is 51.2 Å². The van der Waals surface area contributed by atoms with Gasteiger partial charge in [0, 0.05) is 24.3 Å². The van der Waals surface area contributed by atoms with Gasteiger partial charge in [-0.2, -0.15) is 0 Å². The molecule has 1 saturated carbocycles. The minimum atomic E-state index is -0.413. The molecule has 1 aliphatic carbocycles. The van der Waals surface area contributed by atoms with Gasteiger partial charge in [-0.3, -0.25) is 0 Å². The first kappa shape index (κ1) is 25.1. The second kappa shape index (κ2) is 11.3. The van der Waals surface area contributed by atoms with E-state index in [4.69, 9.17) is 20.0 Å². The Morgan fingerprint density at radius 2 is 1.90 bits per heavy atom. The Morgan fingerprint density at radius 3 is 2.72 bits per heavy atom. The zero-order valence-corrected chi connectivity index (χ0v) is 21.7. The van der Waals surface area contributed by atoms with Crippen LogP contribution in [0.4, 0.5) is 10.6 Å². The third-order valence-corrected chi connectivity index (χ3v) is 7.35. The van der Waals surface area contributed by atoms with Crippen molar-refractivity contribution in [2.75, 3.05) is 38.6 Å². The summed E-state index contributed by atoms with van der Waals surface area (Å²) < 4.78 is 13.5. The average molecular weight is 529 g/mol. The van der Waals surface area contributed by atoms with Gasteiger partial charge in [-0.1, -0.05) is 42.5 Å². The summed E-state index contributed by atoms with van der Waals surface area (Å²) in [7, 11) is 0. The molecule has 2 fully saturated rings. The largest absolute Gasteiger partial charge is 0.489 e. The Hall–Kier alpha value is -4.15. The Labute approximate surface area is 226 Å². The number of hydrogen-bond acceptors (Lipinski definition) is 8. The van der Waals surface area contributed by atoms with E-state index in [0.717, 1.165) is 46.3 Å². The van der Waals surface area contributed by atoms with Crippen LogP contribution >= 0.6 is 0 Å². The normalized spacial score (nSPS) is 19.4. The molecule has 4 aromatic rings. The fraction of sp³-hybridized carbons (Fsp3) is 0.345. The highest BCUT2D eigenvalue weighted by Gasteiger charge is 2.33. The lowest BCUT2D eigenvalue weighted by Crippen LogP contribution is -2.43. The highest BCUT2D eigenvalue weighted by molar-refractivity contribution is 6.00. The van der Waals surface area contributed by atoms with Crippen molar-refractivity contribution < 1.29 is 19.1 Å². The summed E-state index contributed by atoms with van der Waals surface area (Å²) in [6, 6.07) is 18.4. The van der Waals surface area contributed by atoms with E-state index < -0.39 is 6.09 Å². The molecule has 10 nitrogen and oxygen atoms in total. The zero-order valence-electron chi connectivity index (χ0n) is 21.7. The number of amides is 1. The van der Waals surface area contributed by atoms with Gasteiger partial charge in [0.25, 0.3) is 0 Å². The molecule has 0 atom stereocenters. The average Bonchev–Trinajstić information content (AvgIpc) is 3.33. The van der Waals surface area contributed by atoms with Crippen molar-refractivity contribution in [2.45, 2.75) is 25.5 Å². The van der Waals surface area contributed by atoms with Crippen LogP contribution in [0.5, 0.6) is 5.75 Å². The van der Waals surface area contributed by atoms with Crippen LogP contribution in [-0.4, -0.2) is 58.5 Å². The molecule has 0 spiro atoms. The van der Waals surface area contributed by atoms with E-state index in [1.54, 1.807) is 5.06 Å². The molecule has 6 rings (SSSR count). The Bertz CT molecular complexity index is 1430. The molecule has 202 valence electrons. The van der Waals surface area contributed by atoms with E-state index in [2.05, 4.69) is 32.1 Å². The molecule has 2 aromatic heterocycles. The molecule has 39 heavy (non-hydrogen) atoms. The molecule has 1 saturated heterocycles. The number of morpholine rings is 1. The minimum absolute atomic E-state index is 0.259. The molecule has 0 bridgehead atoms. The van der Waals surface area contributed by atoms with E-state index in [1.807, 2.05) is 48.5 Å². The lowest BCUT2D eigenvalue weighted by molar-refractivity contribution is -0.146. The number of aromatic nitrogens is 3. The van der Waals surface area contributed by atoms with E-state index in [-0.39, 0.29) is 6.04 Å². The number of hydroxylamine groups is 2. The molecule has 3 heterocycles. The van der Waals surface area contributed by atoms with Crippen molar-refractivity contribution in [2.24, 2.45) is 5.92 Å². The topological polar surface area (TPSA) is 117 Å². The summed E-state index contributed by atoms with van der Waals surface area (Å²) >= 11 is 0. The van der Waals surface area contributed by atoms with Crippen LogP contribution in [0.1, 0.15) is 24.4 Å². The maximum absolute atomic E-state index is 12.2. The van der Waals surface area contributed by atoms with Crippen molar-refractivity contribution in [1.29, 1.82) is 0 Å². The van der Waals surface area contributed by atoms with Gasteiger partial charge in [0.2, 0.25) is 0 Å². The Morgan fingerprint density at radius 1 is 1.08 bits per heavy atom. The van der Waals surface area contributed by atoms with Crippen molar-refractivity contribution in [3.63, 3.8) is 0 Å². The standard InChI is InChI=1S/C29H32N6O4/c30-27-26-25(22-7-4-8-24(15-22)38-18-20-5-2-1-3-6-20)17-35(28(26)33-19-32-27)23-13-21(14-23)16-31-29(36)39-34-9-11-37-12-10-34/h1-8,15,17,19,21,23H,9-14,16,18H2,(H,31,36)(H2,30,32,33)/t21-,23-. The van der Waals surface area contributed by atoms with E-state index in [1.165, 1.54) is 6.33 Å². The van der Waals surface area contributed by atoms with Crippen molar-refractivity contribution in [3.8, 4) is 16.9 Å². The maximum Gasteiger partial charge on any atom is 0.426 e. The predicted molar refractivity (Wildman–Crippen MR) is 147 cm³/mol. The van der Waals surface area contributed by atoms with Gasteiger partial charge < -0.3 is 29.9 Å². The van der Waals surface area contributed by atoms with Crippen LogP contribution in [-0.2, 0) is 16.2 Å². The van der Waals surface area contributed by atoms with Gasteiger partial charge in [0.15, 0.2) is 0 Å². The highest BCUT2D eigenvalue weighted by Crippen LogP contribution is 2.43. The number of nitrogens with two attached hydrogens (primary N) is 1. The highest BCUT2D eigenvalue weighted by atomic mass is 16.7. The van der Waals surface area contributed by atoms with E-state index >= 15 is 0 Å². The molecular weight excluding hydrogens is 496 g/mol. The van der Waals surface area contributed by atoms with Gasteiger partial charge in [-0.25, -0.2) is 14.8 Å². The summed E-state index contributed by atoms with van der Waals surface area (Å²) in [5.41, 5.74) is 10.3. The van der Waals surface area contributed by atoms with Gasteiger partial charge in [-0.15, -0.1) is 5.06 Å². The summed E-state index contributed by atoms with van der Waals surface area (Å²) in [5, 5.41) is 5.38. The predicted octanol–water partition coefficient (Wildman–Crippen LogP) is 4.18. The number of anilines is 1. The SMILES string of the molecule is Nc1ncnc2c1c(-c1cccc(OCc3ccccc3)c1)cn2[C@H]1C[C@H](CNC(=O)ON2CCOCC2)C1. The molecule has 0 radical (unpaired) electrons. The van der Waals surface area contributed by atoms with Crippen LogP contribution in [0.15, 0.2) is 67.1 Å². The molecule has 1 aliphatic heterocycles. The fourth-order valence-corrected chi connectivity index (χ4v) is 5.21. The summed E-state index contributed by atoms with van der Waals surface area (Å²) in [5.74, 6) is 1.60. The van der Waals surface area contributed by atoms with Crippen LogP contribution in [0.25, 0.3) is 22.2 Å². The number of nitrogens with one attached hydrogen (secondary N) is 1. The first-order valence-corrected chi connectivity index (χ1v) is 13.3. The van der Waals surface area contributed by atoms with E-state index in [9.17, 15) is 4.79 Å². The molecular formula is C29H32N6O4. The molecule has 0 unspecified atom stereocenters. The Balaban J connectivity index is 1.13. The number of nitrogens with zero attached hydrogens (tertiary/aromatic N) is 4.